The summed E-state index contributed by atoms with van der Waals surface area (Å²) >= 11 is 3.35. The number of nitrogens with zero attached hydrogens (tertiary/aromatic N) is 1. The van der Waals surface area contributed by atoms with Crippen molar-refractivity contribution in [2.45, 2.75) is 33.3 Å². The van der Waals surface area contributed by atoms with Crippen LogP contribution in [0.5, 0.6) is 0 Å². The summed E-state index contributed by atoms with van der Waals surface area (Å²) in [6, 6.07) is 1.99. The molecule has 1 rings (SSSR count). The molecule has 6 heteroatoms. The number of alkyl carbamates (subject to hydrolysis) is 1. The molecule has 0 aliphatic carbocycles. The van der Waals surface area contributed by atoms with Gasteiger partial charge in [0, 0.05) is 13.1 Å². The second kappa shape index (κ2) is 6.75. The molecule has 19 heavy (non-hydrogen) atoms. The van der Waals surface area contributed by atoms with Crippen LogP contribution in [0.4, 0.5) is 10.5 Å². The average molecular weight is 330 g/mol. The molecule has 0 spiro atoms. The van der Waals surface area contributed by atoms with Crippen molar-refractivity contribution in [3.8, 4) is 0 Å². The molecule has 0 bridgehead atoms. The number of carbonyl (C=O) groups excluding carboxylic acids is 1. The number of amides is 1. The Bertz CT molecular complexity index is 444. The predicted octanol–water partition coefficient (Wildman–Crippen LogP) is 3.09. The van der Waals surface area contributed by atoms with Gasteiger partial charge in [-0.05, 0) is 55.3 Å². The van der Waals surface area contributed by atoms with Crippen molar-refractivity contribution in [1.82, 2.24) is 10.3 Å². The van der Waals surface area contributed by atoms with E-state index in [1.807, 2.05) is 33.8 Å². The number of hydrogen-bond acceptors (Lipinski definition) is 4. The number of rotatable bonds is 4. The second-order valence-electron chi connectivity index (χ2n) is 5.19. The summed E-state index contributed by atoms with van der Waals surface area (Å²) in [6.07, 6.45) is 1.34. The minimum Gasteiger partial charge on any atom is -0.444 e. The Morgan fingerprint density at radius 3 is 2.68 bits per heavy atom. The number of ether oxygens (including phenoxy) is 1. The van der Waals surface area contributed by atoms with E-state index in [4.69, 9.17) is 4.74 Å². The van der Waals surface area contributed by atoms with Gasteiger partial charge >= 0.3 is 6.09 Å². The predicted molar refractivity (Wildman–Crippen MR) is 79.4 cm³/mol. The highest BCUT2D eigenvalue weighted by atomic mass is 79.9. The highest BCUT2D eigenvalue weighted by Crippen LogP contribution is 2.16. The van der Waals surface area contributed by atoms with Gasteiger partial charge in [-0.25, -0.2) is 9.78 Å². The van der Waals surface area contributed by atoms with Crippen LogP contribution >= 0.6 is 15.9 Å². The first kappa shape index (κ1) is 15.8. The van der Waals surface area contributed by atoms with Crippen LogP contribution in [-0.4, -0.2) is 29.8 Å². The molecule has 0 atom stereocenters. The summed E-state index contributed by atoms with van der Waals surface area (Å²) in [5.41, 5.74) is 1.52. The summed E-state index contributed by atoms with van der Waals surface area (Å²) in [5, 5.41) is 5.86. The maximum atomic E-state index is 11.4. The molecule has 1 heterocycles. The summed E-state index contributed by atoms with van der Waals surface area (Å²) in [4.78, 5) is 15.6. The number of aryl methyl sites for hydroxylation is 1. The van der Waals surface area contributed by atoms with Gasteiger partial charge in [-0.1, -0.05) is 0 Å². The van der Waals surface area contributed by atoms with Crippen LogP contribution in [0, 0.1) is 6.92 Å². The number of aromatic nitrogens is 1. The molecule has 0 radical (unpaired) electrons. The molecule has 1 aromatic rings. The lowest BCUT2D eigenvalue weighted by atomic mass is 10.2. The monoisotopic (exact) mass is 329 g/mol. The molecule has 0 aromatic carbocycles. The maximum Gasteiger partial charge on any atom is 0.407 e. The maximum absolute atomic E-state index is 11.4. The lowest BCUT2D eigenvalue weighted by Gasteiger charge is -2.19. The molecule has 106 valence electrons. The first-order valence-corrected chi connectivity index (χ1v) is 6.90. The summed E-state index contributed by atoms with van der Waals surface area (Å²) < 4.78 is 5.97. The molecule has 0 fully saturated rings. The van der Waals surface area contributed by atoms with Crippen LogP contribution in [-0.2, 0) is 4.74 Å². The largest absolute Gasteiger partial charge is 0.444 e. The van der Waals surface area contributed by atoms with E-state index in [0.717, 1.165) is 15.9 Å². The number of halogens is 1. The lowest BCUT2D eigenvalue weighted by molar-refractivity contribution is 0.0530. The normalized spacial score (nSPS) is 11.0. The van der Waals surface area contributed by atoms with E-state index < -0.39 is 11.7 Å². The van der Waals surface area contributed by atoms with Crippen LogP contribution in [0.3, 0.4) is 0 Å². The molecule has 0 saturated carbocycles. The number of nitrogens with one attached hydrogen (secondary N) is 2. The van der Waals surface area contributed by atoms with Crippen LogP contribution in [0.2, 0.25) is 0 Å². The van der Waals surface area contributed by atoms with E-state index >= 15 is 0 Å². The van der Waals surface area contributed by atoms with Crippen LogP contribution in [0.25, 0.3) is 0 Å². The average Bonchev–Trinajstić information content (AvgIpc) is 2.27. The van der Waals surface area contributed by atoms with Crippen LogP contribution in [0.15, 0.2) is 16.9 Å². The third kappa shape index (κ3) is 6.42. The zero-order valence-electron chi connectivity index (χ0n) is 11.7. The fraction of sp³-hybridized carbons (Fsp3) is 0.538. The summed E-state index contributed by atoms with van der Waals surface area (Å²) in [5.74, 6) is 0. The van der Waals surface area contributed by atoms with Crippen molar-refractivity contribution in [3.63, 3.8) is 0 Å². The van der Waals surface area contributed by atoms with Crippen molar-refractivity contribution >= 4 is 27.7 Å². The van der Waals surface area contributed by atoms with Gasteiger partial charge < -0.3 is 15.4 Å². The van der Waals surface area contributed by atoms with Gasteiger partial charge in [-0.3, -0.25) is 0 Å². The minimum absolute atomic E-state index is 0.403. The Morgan fingerprint density at radius 2 is 2.11 bits per heavy atom. The minimum atomic E-state index is -0.468. The van der Waals surface area contributed by atoms with E-state index in [1.165, 1.54) is 0 Å². The number of pyridine rings is 1. The molecule has 1 amide bonds. The van der Waals surface area contributed by atoms with Gasteiger partial charge in [0.1, 0.15) is 10.2 Å². The van der Waals surface area contributed by atoms with E-state index in [-0.39, 0.29) is 0 Å². The van der Waals surface area contributed by atoms with Gasteiger partial charge in [0.15, 0.2) is 0 Å². The fourth-order valence-electron chi connectivity index (χ4n) is 1.34. The SMILES string of the molecule is Cc1cc(NCCNC(=O)OC(C)(C)C)cnc1Br. The van der Waals surface area contributed by atoms with Crippen molar-refractivity contribution in [2.75, 3.05) is 18.4 Å². The highest BCUT2D eigenvalue weighted by Gasteiger charge is 2.15. The lowest BCUT2D eigenvalue weighted by Crippen LogP contribution is -2.35. The molecular formula is C13H20BrN3O2. The summed E-state index contributed by atoms with van der Waals surface area (Å²) in [7, 11) is 0. The van der Waals surface area contributed by atoms with Gasteiger partial charge in [-0.15, -0.1) is 0 Å². The molecule has 5 nitrogen and oxygen atoms in total. The third-order valence-corrected chi connectivity index (χ3v) is 2.97. The Morgan fingerprint density at radius 1 is 1.42 bits per heavy atom. The molecule has 0 unspecified atom stereocenters. The first-order chi connectivity index (χ1) is 8.78. The van der Waals surface area contributed by atoms with Gasteiger partial charge in [0.05, 0.1) is 11.9 Å². The third-order valence-electron chi connectivity index (χ3n) is 2.14. The first-order valence-electron chi connectivity index (χ1n) is 6.11. The number of carbonyl (C=O) groups is 1. The van der Waals surface area contributed by atoms with Crippen molar-refractivity contribution in [3.05, 3.63) is 22.4 Å². The smallest absolute Gasteiger partial charge is 0.407 e. The Labute approximate surface area is 122 Å². The van der Waals surface area contributed by atoms with Crippen molar-refractivity contribution < 1.29 is 9.53 Å². The van der Waals surface area contributed by atoms with Gasteiger partial charge in [0.25, 0.3) is 0 Å². The van der Waals surface area contributed by atoms with E-state index in [1.54, 1.807) is 6.20 Å². The number of hydrogen-bond donors (Lipinski definition) is 2. The molecule has 1 aromatic heterocycles. The molecular weight excluding hydrogens is 310 g/mol. The standard InChI is InChI=1S/C13H20BrN3O2/c1-9-7-10(8-17-11(9)14)15-5-6-16-12(18)19-13(2,3)4/h7-8,15H,5-6H2,1-4H3,(H,16,18). The molecule has 0 aliphatic rings. The summed E-state index contributed by atoms with van der Waals surface area (Å²) in [6.45, 7) is 8.58. The van der Waals surface area contributed by atoms with Crippen molar-refractivity contribution in [1.29, 1.82) is 0 Å². The Hall–Kier alpha value is -1.30. The highest BCUT2D eigenvalue weighted by molar-refractivity contribution is 9.10. The molecule has 2 N–H and O–H groups in total. The van der Waals surface area contributed by atoms with Gasteiger partial charge in [-0.2, -0.15) is 0 Å². The van der Waals surface area contributed by atoms with E-state index in [2.05, 4.69) is 31.5 Å². The Balaban J connectivity index is 2.27. The molecule has 0 saturated heterocycles. The van der Waals surface area contributed by atoms with E-state index in [9.17, 15) is 4.79 Å². The number of anilines is 1. The quantitative estimate of drug-likeness (QED) is 0.658. The zero-order valence-corrected chi connectivity index (χ0v) is 13.3. The Kier molecular flexibility index (Phi) is 5.60. The second-order valence-corrected chi connectivity index (χ2v) is 5.94. The van der Waals surface area contributed by atoms with Gasteiger partial charge in [0.2, 0.25) is 0 Å². The topological polar surface area (TPSA) is 63.2 Å². The van der Waals surface area contributed by atoms with Crippen LogP contribution in [0.1, 0.15) is 26.3 Å². The van der Waals surface area contributed by atoms with Crippen molar-refractivity contribution in [2.24, 2.45) is 0 Å². The molecule has 0 aliphatic heterocycles. The van der Waals surface area contributed by atoms with E-state index in [0.29, 0.717) is 13.1 Å². The van der Waals surface area contributed by atoms with Crippen LogP contribution < -0.4 is 10.6 Å². The fourth-order valence-corrected chi connectivity index (χ4v) is 1.56. The zero-order chi connectivity index (χ0) is 14.5.